The molecular weight excluding hydrogens is 254 g/mol. The van der Waals surface area contributed by atoms with E-state index in [4.69, 9.17) is 4.98 Å². The molecule has 1 rings (SSSR count). The van der Waals surface area contributed by atoms with E-state index in [1.165, 1.54) is 15.7 Å². The fourth-order valence-corrected chi connectivity index (χ4v) is 2.91. The van der Waals surface area contributed by atoms with Crippen molar-refractivity contribution in [3.63, 3.8) is 0 Å². The van der Waals surface area contributed by atoms with Crippen LogP contribution in [-0.2, 0) is 6.54 Å². The maximum atomic E-state index is 4.74. The largest absolute Gasteiger partial charge is 0.348 e. The van der Waals surface area contributed by atoms with Crippen molar-refractivity contribution in [2.24, 2.45) is 5.92 Å². The fraction of sp³-hybridized carbons (Fsp3) is 0.800. The summed E-state index contributed by atoms with van der Waals surface area (Å²) >= 11 is 1.83. The number of hydrogen-bond acceptors (Lipinski definition) is 4. The van der Waals surface area contributed by atoms with E-state index in [0.717, 1.165) is 19.6 Å². The zero-order valence-corrected chi connectivity index (χ0v) is 14.3. The predicted octanol–water partition coefficient (Wildman–Crippen LogP) is 3.82. The molecular formula is C15H29N3S. The molecule has 1 heterocycles. The van der Waals surface area contributed by atoms with Crippen LogP contribution in [0.25, 0.3) is 0 Å². The van der Waals surface area contributed by atoms with Gasteiger partial charge in [-0.2, -0.15) is 0 Å². The van der Waals surface area contributed by atoms with Gasteiger partial charge in [-0.3, -0.25) is 0 Å². The standard InChI is InChI=1S/C15H29N3S/c1-8-18(10-11(2)3)14-17-12(4)13(19-14)9-16-15(5,6)7/h11,16H,8-10H2,1-7H3. The van der Waals surface area contributed by atoms with E-state index < -0.39 is 0 Å². The van der Waals surface area contributed by atoms with Gasteiger partial charge in [0, 0.05) is 30.1 Å². The van der Waals surface area contributed by atoms with Crippen molar-refractivity contribution in [1.82, 2.24) is 10.3 Å². The Kier molecular flexibility index (Phi) is 5.81. The number of aromatic nitrogens is 1. The monoisotopic (exact) mass is 283 g/mol. The van der Waals surface area contributed by atoms with E-state index in [2.05, 4.69) is 58.7 Å². The minimum absolute atomic E-state index is 0.152. The van der Waals surface area contributed by atoms with Crippen molar-refractivity contribution >= 4 is 16.5 Å². The van der Waals surface area contributed by atoms with Crippen LogP contribution in [-0.4, -0.2) is 23.6 Å². The van der Waals surface area contributed by atoms with Crippen LogP contribution in [0.5, 0.6) is 0 Å². The van der Waals surface area contributed by atoms with E-state index in [1.54, 1.807) is 0 Å². The van der Waals surface area contributed by atoms with Crippen LogP contribution in [0.2, 0.25) is 0 Å². The number of thiazole rings is 1. The molecule has 0 atom stereocenters. The van der Waals surface area contributed by atoms with E-state index >= 15 is 0 Å². The Hall–Kier alpha value is -0.610. The molecule has 0 unspecified atom stereocenters. The molecule has 0 aliphatic heterocycles. The molecule has 0 aliphatic rings. The molecule has 0 aromatic carbocycles. The van der Waals surface area contributed by atoms with Gasteiger partial charge in [0.2, 0.25) is 0 Å². The Balaban J connectivity index is 2.77. The Labute approximate surface area is 122 Å². The third-order valence-electron chi connectivity index (χ3n) is 2.90. The van der Waals surface area contributed by atoms with Crippen molar-refractivity contribution in [2.75, 3.05) is 18.0 Å². The molecule has 1 N–H and O–H groups in total. The highest BCUT2D eigenvalue weighted by molar-refractivity contribution is 7.15. The van der Waals surface area contributed by atoms with Crippen LogP contribution in [0.1, 0.15) is 52.1 Å². The van der Waals surface area contributed by atoms with Crippen molar-refractivity contribution in [1.29, 1.82) is 0 Å². The predicted molar refractivity (Wildman–Crippen MR) is 86.2 cm³/mol. The second-order valence-corrected chi connectivity index (χ2v) is 7.60. The molecule has 4 heteroatoms. The maximum absolute atomic E-state index is 4.74. The molecule has 1 aromatic heterocycles. The second-order valence-electron chi connectivity index (χ2n) is 6.54. The lowest BCUT2D eigenvalue weighted by atomic mass is 10.1. The molecule has 1 aromatic rings. The topological polar surface area (TPSA) is 28.2 Å². The van der Waals surface area contributed by atoms with Gasteiger partial charge in [0.15, 0.2) is 5.13 Å². The zero-order valence-electron chi connectivity index (χ0n) is 13.5. The summed E-state index contributed by atoms with van der Waals surface area (Å²) in [6, 6.07) is 0. The molecule has 19 heavy (non-hydrogen) atoms. The lowest BCUT2D eigenvalue weighted by molar-refractivity contribution is 0.425. The fourth-order valence-electron chi connectivity index (χ4n) is 1.84. The third-order valence-corrected chi connectivity index (χ3v) is 4.12. The average Bonchev–Trinajstić information content (AvgIpc) is 2.63. The van der Waals surface area contributed by atoms with Crippen LogP contribution in [0.15, 0.2) is 0 Å². The number of rotatable bonds is 6. The molecule has 110 valence electrons. The molecule has 0 aliphatic carbocycles. The van der Waals surface area contributed by atoms with Gasteiger partial charge in [0.05, 0.1) is 5.69 Å². The van der Waals surface area contributed by atoms with Crippen LogP contribution in [0.3, 0.4) is 0 Å². The molecule has 0 fully saturated rings. The van der Waals surface area contributed by atoms with Crippen molar-refractivity contribution in [3.05, 3.63) is 10.6 Å². The highest BCUT2D eigenvalue weighted by Gasteiger charge is 2.16. The Morgan fingerprint density at radius 1 is 1.32 bits per heavy atom. The Morgan fingerprint density at radius 3 is 2.42 bits per heavy atom. The number of nitrogens with zero attached hydrogens (tertiary/aromatic N) is 2. The number of aryl methyl sites for hydroxylation is 1. The van der Waals surface area contributed by atoms with Gasteiger partial charge >= 0.3 is 0 Å². The average molecular weight is 283 g/mol. The zero-order chi connectivity index (χ0) is 14.6. The van der Waals surface area contributed by atoms with Gasteiger partial charge < -0.3 is 10.2 Å². The third kappa shape index (κ3) is 5.49. The summed E-state index contributed by atoms with van der Waals surface area (Å²) in [5, 5.41) is 4.71. The van der Waals surface area contributed by atoms with Gasteiger partial charge in [-0.1, -0.05) is 13.8 Å². The summed E-state index contributed by atoms with van der Waals surface area (Å²) in [5.41, 5.74) is 1.32. The first kappa shape index (κ1) is 16.4. The van der Waals surface area contributed by atoms with E-state index in [-0.39, 0.29) is 5.54 Å². The van der Waals surface area contributed by atoms with Crippen molar-refractivity contribution in [3.8, 4) is 0 Å². The number of hydrogen-bond donors (Lipinski definition) is 1. The SMILES string of the molecule is CCN(CC(C)C)c1nc(C)c(CNC(C)(C)C)s1. The number of anilines is 1. The minimum Gasteiger partial charge on any atom is -0.348 e. The van der Waals surface area contributed by atoms with Crippen LogP contribution >= 0.6 is 11.3 Å². The second kappa shape index (κ2) is 6.71. The number of nitrogens with one attached hydrogen (secondary N) is 1. The minimum atomic E-state index is 0.152. The molecule has 0 saturated carbocycles. The molecule has 0 bridgehead atoms. The first-order valence-corrected chi connectivity index (χ1v) is 8.01. The lowest BCUT2D eigenvalue weighted by Gasteiger charge is -2.22. The van der Waals surface area contributed by atoms with Gasteiger partial charge in [-0.25, -0.2) is 4.98 Å². The van der Waals surface area contributed by atoms with E-state index in [9.17, 15) is 0 Å². The van der Waals surface area contributed by atoms with E-state index in [1.807, 2.05) is 11.3 Å². The van der Waals surface area contributed by atoms with Gasteiger partial charge in [-0.15, -0.1) is 11.3 Å². The molecule has 0 radical (unpaired) electrons. The highest BCUT2D eigenvalue weighted by Crippen LogP contribution is 2.27. The quantitative estimate of drug-likeness (QED) is 0.860. The molecule has 0 amide bonds. The Bertz CT molecular complexity index is 391. The lowest BCUT2D eigenvalue weighted by Crippen LogP contribution is -2.34. The summed E-state index contributed by atoms with van der Waals surface area (Å²) in [6.45, 7) is 18.4. The van der Waals surface area contributed by atoms with Crippen LogP contribution < -0.4 is 10.2 Å². The van der Waals surface area contributed by atoms with Crippen molar-refractivity contribution < 1.29 is 0 Å². The summed E-state index contributed by atoms with van der Waals surface area (Å²) < 4.78 is 0. The first-order valence-electron chi connectivity index (χ1n) is 7.19. The van der Waals surface area contributed by atoms with E-state index in [0.29, 0.717) is 5.92 Å². The summed E-state index contributed by atoms with van der Waals surface area (Å²) in [4.78, 5) is 8.47. The molecule has 0 saturated heterocycles. The van der Waals surface area contributed by atoms with Crippen LogP contribution in [0, 0.1) is 12.8 Å². The highest BCUT2D eigenvalue weighted by atomic mass is 32.1. The summed E-state index contributed by atoms with van der Waals surface area (Å²) in [6.07, 6.45) is 0. The molecule has 0 spiro atoms. The Morgan fingerprint density at radius 2 is 1.95 bits per heavy atom. The van der Waals surface area contributed by atoms with Gasteiger partial charge in [-0.05, 0) is 40.5 Å². The molecule has 3 nitrogen and oxygen atoms in total. The first-order chi connectivity index (χ1) is 8.73. The van der Waals surface area contributed by atoms with Crippen LogP contribution in [0.4, 0.5) is 5.13 Å². The smallest absolute Gasteiger partial charge is 0.185 e. The summed E-state index contributed by atoms with van der Waals surface area (Å²) in [5.74, 6) is 0.667. The maximum Gasteiger partial charge on any atom is 0.185 e. The van der Waals surface area contributed by atoms with Crippen molar-refractivity contribution in [2.45, 2.75) is 60.5 Å². The van der Waals surface area contributed by atoms with Gasteiger partial charge in [0.25, 0.3) is 0 Å². The van der Waals surface area contributed by atoms with Gasteiger partial charge in [0.1, 0.15) is 0 Å². The normalized spacial score (nSPS) is 12.2. The summed E-state index contributed by atoms with van der Waals surface area (Å²) in [7, 11) is 0.